The zero-order chi connectivity index (χ0) is 10.8. The Morgan fingerprint density at radius 3 is 3.18 bits per heavy atom. The maximum atomic E-state index is 12.6. The Labute approximate surface area is 68.0 Å². The second-order valence-corrected chi connectivity index (χ2v) is 1.85. The largest absolute Gasteiger partial charge is 0.495 e. The molecule has 0 aromatic heterocycles. The topological polar surface area (TPSA) is 33.0 Å². The van der Waals surface area contributed by atoms with Crippen LogP contribution in [-0.2, 0) is 0 Å². The SMILES string of the molecule is [2H]C([2H])([2H])Oc1ccc(F)cc1C#N. The van der Waals surface area contributed by atoms with Gasteiger partial charge in [0.1, 0.15) is 17.6 Å². The lowest BCUT2D eigenvalue weighted by atomic mass is 10.2. The van der Waals surface area contributed by atoms with Gasteiger partial charge in [-0.3, -0.25) is 0 Å². The van der Waals surface area contributed by atoms with Crippen LogP contribution in [0, 0.1) is 17.1 Å². The summed E-state index contributed by atoms with van der Waals surface area (Å²) in [4.78, 5) is 0. The number of benzene rings is 1. The third-order valence-corrected chi connectivity index (χ3v) is 1.17. The average Bonchev–Trinajstić information content (AvgIpc) is 2.06. The molecule has 0 bridgehead atoms. The zero-order valence-electron chi connectivity index (χ0n) is 8.47. The molecule has 0 aliphatic heterocycles. The first-order valence-corrected chi connectivity index (χ1v) is 2.81. The summed E-state index contributed by atoms with van der Waals surface area (Å²) in [5.41, 5.74) is -0.138. The summed E-state index contributed by atoms with van der Waals surface area (Å²) in [7, 11) is -2.64. The molecule has 0 amide bonds. The van der Waals surface area contributed by atoms with Crippen LogP contribution in [0.2, 0.25) is 0 Å². The van der Waals surface area contributed by atoms with Crippen LogP contribution in [0.15, 0.2) is 18.2 Å². The third kappa shape index (κ3) is 1.47. The molecule has 1 rings (SSSR count). The van der Waals surface area contributed by atoms with E-state index < -0.39 is 12.9 Å². The molecule has 0 radical (unpaired) electrons. The first kappa shape index (κ1) is 4.35. The van der Waals surface area contributed by atoms with E-state index in [-0.39, 0.29) is 11.3 Å². The summed E-state index contributed by atoms with van der Waals surface area (Å²) in [5.74, 6) is -0.756. The van der Waals surface area contributed by atoms with E-state index in [4.69, 9.17) is 9.37 Å². The van der Waals surface area contributed by atoms with Gasteiger partial charge in [-0.1, -0.05) is 0 Å². The number of nitriles is 1. The Morgan fingerprint density at radius 2 is 2.55 bits per heavy atom. The molecule has 0 spiro atoms. The van der Waals surface area contributed by atoms with Crippen molar-refractivity contribution in [3.63, 3.8) is 0 Å². The number of hydrogen-bond donors (Lipinski definition) is 0. The molecular weight excluding hydrogens is 145 g/mol. The van der Waals surface area contributed by atoms with Gasteiger partial charge < -0.3 is 4.74 Å². The summed E-state index contributed by atoms with van der Waals surface area (Å²) in [5, 5.41) is 8.56. The van der Waals surface area contributed by atoms with Crippen LogP contribution >= 0.6 is 0 Å². The Kier molecular flexibility index (Phi) is 1.19. The van der Waals surface area contributed by atoms with Crippen LogP contribution in [0.3, 0.4) is 0 Å². The van der Waals surface area contributed by atoms with Gasteiger partial charge in [0, 0.05) is 0 Å². The highest BCUT2D eigenvalue weighted by molar-refractivity contribution is 5.42. The number of ether oxygens (including phenoxy) is 1. The van der Waals surface area contributed by atoms with Crippen molar-refractivity contribution in [1.29, 1.82) is 5.26 Å². The molecule has 0 fully saturated rings. The minimum Gasteiger partial charge on any atom is -0.495 e. The Morgan fingerprint density at radius 1 is 1.73 bits per heavy atom. The van der Waals surface area contributed by atoms with E-state index in [0.29, 0.717) is 0 Å². The van der Waals surface area contributed by atoms with Crippen molar-refractivity contribution in [1.82, 2.24) is 0 Å². The summed E-state index contributed by atoms with van der Waals surface area (Å²) in [6.07, 6.45) is 0. The minimum absolute atomic E-state index is 0.138. The van der Waals surface area contributed by atoms with Crippen molar-refractivity contribution >= 4 is 0 Å². The number of nitrogens with zero attached hydrogens (tertiary/aromatic N) is 1. The van der Waals surface area contributed by atoms with Crippen LogP contribution in [0.25, 0.3) is 0 Å². The number of hydrogen-bond acceptors (Lipinski definition) is 2. The minimum atomic E-state index is -2.64. The summed E-state index contributed by atoms with van der Waals surface area (Å²) in [6.45, 7) is 0. The molecule has 0 atom stereocenters. The van der Waals surface area contributed by atoms with E-state index in [1.807, 2.05) is 0 Å². The van der Waals surface area contributed by atoms with Gasteiger partial charge >= 0.3 is 0 Å². The van der Waals surface area contributed by atoms with Gasteiger partial charge in [-0.15, -0.1) is 0 Å². The lowest BCUT2D eigenvalue weighted by Crippen LogP contribution is -1.88. The summed E-state index contributed by atoms with van der Waals surface area (Å²) in [6, 6.07) is 4.70. The third-order valence-electron chi connectivity index (χ3n) is 1.17. The van der Waals surface area contributed by atoms with E-state index in [2.05, 4.69) is 4.74 Å². The van der Waals surface area contributed by atoms with Gasteiger partial charge in [-0.25, -0.2) is 4.39 Å². The molecule has 0 unspecified atom stereocenters. The average molecular weight is 154 g/mol. The fraction of sp³-hybridized carbons (Fsp3) is 0.125. The molecule has 0 aliphatic rings. The molecule has 0 saturated carbocycles. The van der Waals surface area contributed by atoms with Gasteiger partial charge in [0.2, 0.25) is 0 Å². The molecule has 56 valence electrons. The van der Waals surface area contributed by atoms with Crippen molar-refractivity contribution in [3.8, 4) is 11.8 Å². The van der Waals surface area contributed by atoms with Gasteiger partial charge in [-0.2, -0.15) is 5.26 Å². The molecule has 3 heteroatoms. The standard InChI is InChI=1S/C8H6FNO/c1-11-8-3-2-7(9)4-6(8)5-10/h2-4H,1H3/i1D3. The molecule has 0 heterocycles. The van der Waals surface area contributed by atoms with E-state index in [0.717, 1.165) is 18.2 Å². The molecule has 11 heavy (non-hydrogen) atoms. The predicted molar refractivity (Wildman–Crippen MR) is 37.7 cm³/mol. The number of rotatable bonds is 1. The molecule has 1 aromatic rings. The lowest BCUT2D eigenvalue weighted by Gasteiger charge is -2.00. The highest BCUT2D eigenvalue weighted by Crippen LogP contribution is 2.17. The molecule has 1 aromatic carbocycles. The van der Waals surface area contributed by atoms with Crippen LogP contribution in [0.1, 0.15) is 9.68 Å². The van der Waals surface area contributed by atoms with E-state index in [9.17, 15) is 4.39 Å². The summed E-state index contributed by atoms with van der Waals surface area (Å²) < 4.78 is 37.5. The smallest absolute Gasteiger partial charge is 0.136 e. The second-order valence-electron chi connectivity index (χ2n) is 1.85. The van der Waals surface area contributed by atoms with Gasteiger partial charge in [0.15, 0.2) is 0 Å². The van der Waals surface area contributed by atoms with Gasteiger partial charge in [-0.05, 0) is 18.2 Å². The van der Waals surface area contributed by atoms with Crippen molar-refractivity contribution in [2.24, 2.45) is 0 Å². The Hall–Kier alpha value is -1.56. The van der Waals surface area contributed by atoms with Crippen molar-refractivity contribution in [3.05, 3.63) is 29.6 Å². The number of methoxy groups -OCH3 is 1. The Bertz CT molecular complexity index is 383. The first-order chi connectivity index (χ1) is 6.42. The molecule has 0 aliphatic carbocycles. The maximum absolute atomic E-state index is 12.6. The molecule has 0 saturated heterocycles. The van der Waals surface area contributed by atoms with Crippen molar-refractivity contribution in [2.75, 3.05) is 7.04 Å². The van der Waals surface area contributed by atoms with Crippen LogP contribution < -0.4 is 4.74 Å². The molecule has 2 nitrogen and oxygen atoms in total. The lowest BCUT2D eigenvalue weighted by molar-refractivity contribution is 0.412. The Balaban J connectivity index is 3.05. The quantitative estimate of drug-likeness (QED) is 0.616. The van der Waals surface area contributed by atoms with E-state index in [1.165, 1.54) is 0 Å². The zero-order valence-corrected chi connectivity index (χ0v) is 5.47. The van der Waals surface area contributed by atoms with Gasteiger partial charge in [0.05, 0.1) is 16.7 Å². The van der Waals surface area contributed by atoms with Crippen molar-refractivity contribution < 1.29 is 13.2 Å². The van der Waals surface area contributed by atoms with Crippen LogP contribution in [0.5, 0.6) is 5.75 Å². The van der Waals surface area contributed by atoms with Crippen LogP contribution in [-0.4, -0.2) is 7.04 Å². The van der Waals surface area contributed by atoms with E-state index in [1.54, 1.807) is 6.07 Å². The molecular formula is C8H6FNO. The van der Waals surface area contributed by atoms with Crippen molar-refractivity contribution in [2.45, 2.75) is 0 Å². The maximum Gasteiger partial charge on any atom is 0.136 e. The predicted octanol–water partition coefficient (Wildman–Crippen LogP) is 1.71. The fourth-order valence-corrected chi connectivity index (χ4v) is 0.679. The second kappa shape index (κ2) is 3.02. The van der Waals surface area contributed by atoms with Crippen LogP contribution in [0.4, 0.5) is 4.39 Å². The monoisotopic (exact) mass is 154 g/mol. The van der Waals surface area contributed by atoms with E-state index >= 15 is 0 Å². The summed E-state index contributed by atoms with van der Waals surface area (Å²) >= 11 is 0. The highest BCUT2D eigenvalue weighted by atomic mass is 19.1. The normalized spacial score (nSPS) is 14.0. The fourth-order valence-electron chi connectivity index (χ4n) is 0.679. The highest BCUT2D eigenvalue weighted by Gasteiger charge is 2.01. The molecule has 0 N–H and O–H groups in total. The number of halogens is 1. The first-order valence-electron chi connectivity index (χ1n) is 4.31. The van der Waals surface area contributed by atoms with Gasteiger partial charge in [0.25, 0.3) is 0 Å².